The van der Waals surface area contributed by atoms with Crippen LogP contribution in [0.15, 0.2) is 0 Å². The standard InChI is InChI=1S/C25H46O6/c1-4-7-8-9-10-11-12-13-14-15-16-17-18-19-25(28)30-21-22(31-24(27)6-3)20-29-23(26)5-2/h22H,4-21H2,1-3H3. The van der Waals surface area contributed by atoms with E-state index in [1.54, 1.807) is 13.8 Å². The Kier molecular flexibility index (Phi) is 20.5. The fourth-order valence-electron chi connectivity index (χ4n) is 3.22. The summed E-state index contributed by atoms with van der Waals surface area (Å²) in [4.78, 5) is 34.7. The topological polar surface area (TPSA) is 78.9 Å². The van der Waals surface area contributed by atoms with Gasteiger partial charge < -0.3 is 14.2 Å². The predicted octanol–water partition coefficient (Wildman–Crippen LogP) is 6.29. The van der Waals surface area contributed by atoms with Crippen molar-refractivity contribution in [3.8, 4) is 0 Å². The third-order valence-corrected chi connectivity index (χ3v) is 5.22. The summed E-state index contributed by atoms with van der Waals surface area (Å²) in [5.74, 6) is -1.09. The number of unbranched alkanes of at least 4 members (excludes halogenated alkanes) is 12. The monoisotopic (exact) mass is 442 g/mol. The molecule has 6 heteroatoms. The number of carbonyl (C=O) groups excluding carboxylic acids is 3. The summed E-state index contributed by atoms with van der Waals surface area (Å²) in [6.07, 6.45) is 16.4. The lowest BCUT2D eigenvalue weighted by molar-refractivity contribution is -0.166. The molecule has 0 aromatic carbocycles. The number of hydrogen-bond acceptors (Lipinski definition) is 6. The van der Waals surface area contributed by atoms with Crippen molar-refractivity contribution in [3.63, 3.8) is 0 Å². The molecule has 0 aliphatic heterocycles. The first-order valence-corrected chi connectivity index (χ1v) is 12.5. The molecule has 0 amide bonds. The second kappa shape index (κ2) is 21.6. The van der Waals surface area contributed by atoms with Crippen LogP contribution in [0.3, 0.4) is 0 Å². The minimum Gasteiger partial charge on any atom is -0.462 e. The van der Waals surface area contributed by atoms with E-state index in [2.05, 4.69) is 6.92 Å². The summed E-state index contributed by atoms with van der Waals surface area (Å²) in [5, 5.41) is 0. The third kappa shape index (κ3) is 20.1. The summed E-state index contributed by atoms with van der Waals surface area (Å²) in [7, 11) is 0. The Morgan fingerprint density at radius 1 is 0.548 bits per heavy atom. The van der Waals surface area contributed by atoms with Crippen LogP contribution in [0, 0.1) is 0 Å². The molecular weight excluding hydrogens is 396 g/mol. The van der Waals surface area contributed by atoms with E-state index < -0.39 is 12.1 Å². The molecule has 0 bridgehead atoms. The van der Waals surface area contributed by atoms with E-state index in [1.165, 1.54) is 64.2 Å². The Morgan fingerprint density at radius 3 is 1.42 bits per heavy atom. The van der Waals surface area contributed by atoms with Gasteiger partial charge in [0.1, 0.15) is 13.2 Å². The average molecular weight is 443 g/mol. The van der Waals surface area contributed by atoms with E-state index >= 15 is 0 Å². The number of esters is 3. The highest BCUT2D eigenvalue weighted by molar-refractivity contribution is 5.70. The normalized spacial score (nSPS) is 11.7. The van der Waals surface area contributed by atoms with Gasteiger partial charge in [-0.1, -0.05) is 97.8 Å². The van der Waals surface area contributed by atoms with E-state index in [0.29, 0.717) is 6.42 Å². The van der Waals surface area contributed by atoms with E-state index in [9.17, 15) is 14.4 Å². The lowest BCUT2D eigenvalue weighted by atomic mass is 10.0. The molecule has 0 aliphatic rings. The zero-order chi connectivity index (χ0) is 23.2. The highest BCUT2D eigenvalue weighted by Crippen LogP contribution is 2.13. The number of carbonyl (C=O) groups is 3. The van der Waals surface area contributed by atoms with Crippen molar-refractivity contribution in [3.05, 3.63) is 0 Å². The number of ether oxygens (including phenoxy) is 3. The zero-order valence-electron chi connectivity index (χ0n) is 20.3. The molecule has 31 heavy (non-hydrogen) atoms. The Labute approximate surface area is 189 Å². The van der Waals surface area contributed by atoms with Crippen LogP contribution in [-0.4, -0.2) is 37.2 Å². The quantitative estimate of drug-likeness (QED) is 0.118. The second-order valence-corrected chi connectivity index (χ2v) is 8.18. The smallest absolute Gasteiger partial charge is 0.306 e. The fourth-order valence-corrected chi connectivity index (χ4v) is 3.22. The molecule has 0 N–H and O–H groups in total. The van der Waals surface area contributed by atoms with Gasteiger partial charge in [-0.2, -0.15) is 0 Å². The van der Waals surface area contributed by atoms with Crippen LogP contribution in [-0.2, 0) is 28.6 Å². The molecule has 0 spiro atoms. The fraction of sp³-hybridized carbons (Fsp3) is 0.880. The molecule has 6 nitrogen and oxygen atoms in total. The molecule has 0 heterocycles. The summed E-state index contributed by atoms with van der Waals surface area (Å²) < 4.78 is 15.4. The number of rotatable bonds is 21. The van der Waals surface area contributed by atoms with Crippen molar-refractivity contribution in [2.24, 2.45) is 0 Å². The molecule has 0 aromatic heterocycles. The maximum atomic E-state index is 11.9. The van der Waals surface area contributed by atoms with Crippen LogP contribution < -0.4 is 0 Å². The van der Waals surface area contributed by atoms with Crippen molar-refractivity contribution in [2.75, 3.05) is 13.2 Å². The van der Waals surface area contributed by atoms with Gasteiger partial charge in [0.25, 0.3) is 0 Å². The molecule has 1 unspecified atom stereocenters. The van der Waals surface area contributed by atoms with E-state index in [0.717, 1.165) is 19.3 Å². The van der Waals surface area contributed by atoms with Gasteiger partial charge in [0.05, 0.1) is 0 Å². The molecule has 0 rings (SSSR count). The maximum absolute atomic E-state index is 11.9. The van der Waals surface area contributed by atoms with Crippen LogP contribution in [0.2, 0.25) is 0 Å². The van der Waals surface area contributed by atoms with Gasteiger partial charge >= 0.3 is 17.9 Å². The van der Waals surface area contributed by atoms with Crippen molar-refractivity contribution >= 4 is 17.9 Å². The Hall–Kier alpha value is -1.59. The van der Waals surface area contributed by atoms with Crippen molar-refractivity contribution < 1.29 is 28.6 Å². The molecule has 0 radical (unpaired) electrons. The zero-order valence-corrected chi connectivity index (χ0v) is 20.3. The van der Waals surface area contributed by atoms with Gasteiger partial charge in [0, 0.05) is 19.3 Å². The van der Waals surface area contributed by atoms with Crippen molar-refractivity contribution in [1.29, 1.82) is 0 Å². The van der Waals surface area contributed by atoms with E-state index in [4.69, 9.17) is 14.2 Å². The summed E-state index contributed by atoms with van der Waals surface area (Å²) in [5.41, 5.74) is 0. The Morgan fingerprint density at radius 2 is 0.968 bits per heavy atom. The second-order valence-electron chi connectivity index (χ2n) is 8.18. The summed E-state index contributed by atoms with van der Waals surface area (Å²) in [6.45, 7) is 5.44. The molecular formula is C25H46O6. The summed E-state index contributed by atoms with van der Waals surface area (Å²) >= 11 is 0. The van der Waals surface area contributed by atoms with Gasteiger partial charge in [-0.15, -0.1) is 0 Å². The van der Waals surface area contributed by atoms with Crippen molar-refractivity contribution in [1.82, 2.24) is 0 Å². The van der Waals surface area contributed by atoms with Crippen LogP contribution in [0.4, 0.5) is 0 Å². The molecule has 1 atom stereocenters. The van der Waals surface area contributed by atoms with Gasteiger partial charge in [-0.25, -0.2) is 0 Å². The molecule has 0 aliphatic carbocycles. The van der Waals surface area contributed by atoms with Gasteiger partial charge in [0.15, 0.2) is 6.10 Å². The van der Waals surface area contributed by atoms with Crippen LogP contribution in [0.1, 0.15) is 124 Å². The summed E-state index contributed by atoms with van der Waals surface area (Å²) in [6, 6.07) is 0. The Balaban J connectivity index is 3.70. The average Bonchev–Trinajstić information content (AvgIpc) is 2.78. The lowest BCUT2D eigenvalue weighted by Gasteiger charge is -2.17. The van der Waals surface area contributed by atoms with Crippen LogP contribution in [0.25, 0.3) is 0 Å². The lowest BCUT2D eigenvalue weighted by Crippen LogP contribution is -2.30. The SMILES string of the molecule is CCCCCCCCCCCCCCCC(=O)OCC(COC(=O)CC)OC(=O)CC. The van der Waals surface area contributed by atoms with E-state index in [1.807, 2.05) is 0 Å². The van der Waals surface area contributed by atoms with Crippen molar-refractivity contribution in [2.45, 2.75) is 130 Å². The predicted molar refractivity (Wildman–Crippen MR) is 123 cm³/mol. The first-order valence-electron chi connectivity index (χ1n) is 12.5. The van der Waals surface area contributed by atoms with Gasteiger partial charge in [-0.3, -0.25) is 14.4 Å². The number of hydrogen-bond donors (Lipinski definition) is 0. The molecule has 0 fully saturated rings. The molecule has 0 saturated carbocycles. The molecule has 0 saturated heterocycles. The molecule has 0 aromatic rings. The first kappa shape index (κ1) is 29.4. The van der Waals surface area contributed by atoms with Gasteiger partial charge in [0.2, 0.25) is 0 Å². The molecule has 182 valence electrons. The van der Waals surface area contributed by atoms with Crippen LogP contribution >= 0.6 is 0 Å². The minimum atomic E-state index is -0.751. The first-order chi connectivity index (χ1) is 15.0. The van der Waals surface area contributed by atoms with Gasteiger partial charge in [-0.05, 0) is 6.42 Å². The Bertz CT molecular complexity index is 463. The van der Waals surface area contributed by atoms with Crippen LogP contribution in [0.5, 0.6) is 0 Å². The minimum absolute atomic E-state index is 0.0833. The third-order valence-electron chi connectivity index (χ3n) is 5.22. The maximum Gasteiger partial charge on any atom is 0.306 e. The highest BCUT2D eigenvalue weighted by Gasteiger charge is 2.18. The largest absolute Gasteiger partial charge is 0.462 e. The highest BCUT2D eigenvalue weighted by atomic mass is 16.6. The van der Waals surface area contributed by atoms with E-state index in [-0.39, 0.29) is 38.0 Å².